The lowest BCUT2D eigenvalue weighted by Crippen LogP contribution is -2.38. The van der Waals surface area contributed by atoms with E-state index in [-0.39, 0.29) is 5.91 Å². The van der Waals surface area contributed by atoms with Gasteiger partial charge in [0.05, 0.1) is 0 Å². The molecule has 15 heavy (non-hydrogen) atoms. The zero-order valence-corrected chi connectivity index (χ0v) is 8.57. The van der Waals surface area contributed by atoms with Crippen molar-refractivity contribution in [2.24, 2.45) is 5.73 Å². The van der Waals surface area contributed by atoms with Crippen LogP contribution in [0.5, 0.6) is 0 Å². The van der Waals surface area contributed by atoms with Gasteiger partial charge in [0.15, 0.2) is 0 Å². The van der Waals surface area contributed by atoms with Crippen LogP contribution in [-0.4, -0.2) is 19.0 Å². The third kappa shape index (κ3) is 1.23. The average Bonchev–Trinajstić information content (AvgIpc) is 2.30. The van der Waals surface area contributed by atoms with Crippen LogP contribution in [0.2, 0.25) is 0 Å². The number of amides is 1. The Kier molecular flexibility index (Phi) is 1.75. The van der Waals surface area contributed by atoms with Crippen molar-refractivity contribution in [3.05, 3.63) is 29.3 Å². The molecule has 3 aliphatic heterocycles. The Hall–Kier alpha value is -1.51. The lowest BCUT2D eigenvalue weighted by molar-refractivity contribution is 0.1000. The first-order valence-corrected chi connectivity index (χ1v) is 5.44. The van der Waals surface area contributed by atoms with Gasteiger partial charge in [0.25, 0.3) is 0 Å². The van der Waals surface area contributed by atoms with E-state index in [0.717, 1.165) is 13.1 Å². The Morgan fingerprint density at radius 2 is 2.07 bits per heavy atom. The van der Waals surface area contributed by atoms with E-state index in [1.54, 1.807) is 0 Å². The van der Waals surface area contributed by atoms with Gasteiger partial charge in [-0.25, -0.2) is 0 Å². The molecule has 1 fully saturated rings. The molecular formula is C12H14N2O. The van der Waals surface area contributed by atoms with Crippen molar-refractivity contribution >= 4 is 11.6 Å². The van der Waals surface area contributed by atoms with Crippen molar-refractivity contribution in [3.8, 4) is 0 Å². The van der Waals surface area contributed by atoms with Gasteiger partial charge in [-0.05, 0) is 42.5 Å². The standard InChI is InChI=1S/C12H14N2O/c13-12(15)9-1-2-11-10(7-9)8-3-5-14(11)6-4-8/h1-2,7-8H,3-6H2,(H2,13,15). The van der Waals surface area contributed by atoms with E-state index < -0.39 is 0 Å². The SMILES string of the molecule is NC(=O)c1ccc2c(c1)C1CCN2CC1. The van der Waals surface area contributed by atoms with Crippen molar-refractivity contribution in [2.45, 2.75) is 18.8 Å². The van der Waals surface area contributed by atoms with Crippen LogP contribution in [0.1, 0.15) is 34.7 Å². The zero-order valence-electron chi connectivity index (χ0n) is 8.57. The maximum absolute atomic E-state index is 11.1. The van der Waals surface area contributed by atoms with Gasteiger partial charge in [0.1, 0.15) is 0 Å². The van der Waals surface area contributed by atoms with Crippen molar-refractivity contribution in [1.82, 2.24) is 0 Å². The van der Waals surface area contributed by atoms with Crippen LogP contribution in [0, 0.1) is 0 Å². The second-order valence-corrected chi connectivity index (χ2v) is 4.40. The molecule has 2 bridgehead atoms. The minimum absolute atomic E-state index is 0.325. The van der Waals surface area contributed by atoms with E-state index in [1.165, 1.54) is 24.1 Å². The molecule has 1 aromatic rings. The smallest absolute Gasteiger partial charge is 0.248 e. The second-order valence-electron chi connectivity index (χ2n) is 4.40. The molecule has 0 aromatic heterocycles. The summed E-state index contributed by atoms with van der Waals surface area (Å²) < 4.78 is 0. The van der Waals surface area contributed by atoms with E-state index >= 15 is 0 Å². The second kappa shape index (κ2) is 2.99. The molecule has 78 valence electrons. The molecule has 2 N–H and O–H groups in total. The van der Waals surface area contributed by atoms with Crippen LogP contribution < -0.4 is 10.6 Å². The number of carbonyl (C=O) groups excluding carboxylic acids is 1. The summed E-state index contributed by atoms with van der Waals surface area (Å²) in [6.07, 6.45) is 2.43. The van der Waals surface area contributed by atoms with E-state index in [9.17, 15) is 4.79 Å². The Morgan fingerprint density at radius 3 is 2.73 bits per heavy atom. The monoisotopic (exact) mass is 202 g/mol. The molecule has 0 unspecified atom stereocenters. The Morgan fingerprint density at radius 1 is 1.33 bits per heavy atom. The largest absolute Gasteiger partial charge is 0.371 e. The highest BCUT2D eigenvalue weighted by molar-refractivity contribution is 5.93. The van der Waals surface area contributed by atoms with Crippen molar-refractivity contribution in [1.29, 1.82) is 0 Å². The van der Waals surface area contributed by atoms with Crippen molar-refractivity contribution in [2.75, 3.05) is 18.0 Å². The number of anilines is 1. The molecule has 0 saturated carbocycles. The lowest BCUT2D eigenvalue weighted by Gasteiger charge is -2.42. The fraction of sp³-hybridized carbons (Fsp3) is 0.417. The highest BCUT2D eigenvalue weighted by Crippen LogP contribution is 2.42. The number of rotatable bonds is 1. The molecule has 1 amide bonds. The number of hydrogen-bond donors (Lipinski definition) is 1. The van der Waals surface area contributed by atoms with Crippen LogP contribution in [0.15, 0.2) is 18.2 Å². The van der Waals surface area contributed by atoms with Gasteiger partial charge in [0, 0.05) is 24.3 Å². The quantitative estimate of drug-likeness (QED) is 0.749. The van der Waals surface area contributed by atoms with Crippen LogP contribution >= 0.6 is 0 Å². The summed E-state index contributed by atoms with van der Waals surface area (Å²) in [6, 6.07) is 5.86. The number of fused-ring (bicyclic) bond motifs is 2. The third-order valence-electron chi connectivity index (χ3n) is 3.59. The topological polar surface area (TPSA) is 46.3 Å². The Balaban J connectivity index is 2.12. The Bertz CT molecular complexity index is 420. The van der Waals surface area contributed by atoms with Crippen LogP contribution in [0.3, 0.4) is 0 Å². The summed E-state index contributed by atoms with van der Waals surface area (Å²) in [7, 11) is 0. The molecule has 1 saturated heterocycles. The number of nitrogens with two attached hydrogens (primary N) is 1. The molecule has 3 nitrogen and oxygen atoms in total. The van der Waals surface area contributed by atoms with Crippen molar-refractivity contribution < 1.29 is 4.79 Å². The predicted molar refractivity (Wildman–Crippen MR) is 59.1 cm³/mol. The van der Waals surface area contributed by atoms with Crippen LogP contribution in [0.4, 0.5) is 5.69 Å². The molecule has 3 heterocycles. The number of benzene rings is 1. The first-order chi connectivity index (χ1) is 7.25. The number of piperidine rings is 1. The maximum Gasteiger partial charge on any atom is 0.248 e. The van der Waals surface area contributed by atoms with Gasteiger partial charge < -0.3 is 10.6 Å². The van der Waals surface area contributed by atoms with Crippen LogP contribution in [0.25, 0.3) is 0 Å². The molecule has 3 aliphatic rings. The third-order valence-corrected chi connectivity index (χ3v) is 3.59. The molecule has 0 radical (unpaired) electrons. The molecule has 0 aliphatic carbocycles. The predicted octanol–water partition coefficient (Wildman–Crippen LogP) is 1.48. The minimum Gasteiger partial charge on any atom is -0.371 e. The lowest BCUT2D eigenvalue weighted by atomic mass is 9.82. The molecule has 1 aromatic carbocycles. The number of carbonyl (C=O) groups is 1. The molecule has 0 spiro atoms. The van der Waals surface area contributed by atoms with Gasteiger partial charge in [-0.2, -0.15) is 0 Å². The summed E-state index contributed by atoms with van der Waals surface area (Å²) >= 11 is 0. The van der Waals surface area contributed by atoms with E-state index in [4.69, 9.17) is 5.73 Å². The highest BCUT2D eigenvalue weighted by atomic mass is 16.1. The number of hydrogen-bond acceptors (Lipinski definition) is 2. The summed E-state index contributed by atoms with van der Waals surface area (Å²) in [6.45, 7) is 2.32. The van der Waals surface area contributed by atoms with Gasteiger partial charge in [-0.15, -0.1) is 0 Å². The fourth-order valence-electron chi connectivity index (χ4n) is 2.75. The van der Waals surface area contributed by atoms with E-state index in [1.807, 2.05) is 18.2 Å². The van der Waals surface area contributed by atoms with Gasteiger partial charge in [-0.3, -0.25) is 4.79 Å². The molecular weight excluding hydrogens is 188 g/mol. The van der Waals surface area contributed by atoms with Gasteiger partial charge in [-0.1, -0.05) is 0 Å². The normalized spacial score (nSPS) is 19.1. The zero-order chi connectivity index (χ0) is 10.4. The highest BCUT2D eigenvalue weighted by Gasteiger charge is 2.30. The van der Waals surface area contributed by atoms with Crippen molar-refractivity contribution in [3.63, 3.8) is 0 Å². The number of nitrogens with zero attached hydrogens (tertiary/aromatic N) is 1. The fourth-order valence-corrected chi connectivity index (χ4v) is 2.75. The summed E-state index contributed by atoms with van der Waals surface area (Å²) in [4.78, 5) is 13.5. The van der Waals surface area contributed by atoms with E-state index in [0.29, 0.717) is 11.5 Å². The minimum atomic E-state index is -0.325. The summed E-state index contributed by atoms with van der Waals surface area (Å²) in [5, 5.41) is 0. The summed E-state index contributed by atoms with van der Waals surface area (Å²) in [5.41, 5.74) is 8.56. The first kappa shape index (κ1) is 8.77. The van der Waals surface area contributed by atoms with Gasteiger partial charge in [0.2, 0.25) is 5.91 Å². The van der Waals surface area contributed by atoms with Gasteiger partial charge >= 0.3 is 0 Å². The number of primary amides is 1. The molecule has 3 heteroatoms. The molecule has 0 atom stereocenters. The first-order valence-electron chi connectivity index (χ1n) is 5.44. The van der Waals surface area contributed by atoms with Crippen LogP contribution in [-0.2, 0) is 0 Å². The molecule has 4 rings (SSSR count). The average molecular weight is 202 g/mol. The Labute approximate surface area is 88.9 Å². The van der Waals surface area contributed by atoms with E-state index in [2.05, 4.69) is 4.90 Å². The summed E-state index contributed by atoms with van der Waals surface area (Å²) in [5.74, 6) is 0.318. The maximum atomic E-state index is 11.1.